The minimum atomic E-state index is -0.631. The van der Waals surface area contributed by atoms with Gasteiger partial charge < -0.3 is 9.64 Å². The number of anilines is 1. The number of hydrogen-bond donors (Lipinski definition) is 1. The van der Waals surface area contributed by atoms with E-state index in [1.54, 1.807) is 62.1 Å². The van der Waals surface area contributed by atoms with Crippen molar-refractivity contribution < 1.29 is 18.7 Å². The minimum Gasteiger partial charge on any atom is -0.444 e. The number of carbonyl (C=O) groups is 2. The fourth-order valence-corrected chi connectivity index (χ4v) is 3.61. The van der Waals surface area contributed by atoms with Crippen molar-refractivity contribution >= 4 is 35.4 Å². The largest absolute Gasteiger partial charge is 0.444 e. The van der Waals surface area contributed by atoms with E-state index < -0.39 is 11.7 Å². The van der Waals surface area contributed by atoms with E-state index in [1.165, 1.54) is 18.2 Å². The summed E-state index contributed by atoms with van der Waals surface area (Å²) in [5, 5.41) is 3.15. The zero-order valence-electron chi connectivity index (χ0n) is 19.1. The lowest BCUT2D eigenvalue weighted by molar-refractivity contribution is -0.127. The maximum absolute atomic E-state index is 13.1. The van der Waals surface area contributed by atoms with Gasteiger partial charge in [-0.2, -0.15) is 0 Å². The average molecular weight is 474 g/mol. The van der Waals surface area contributed by atoms with E-state index in [4.69, 9.17) is 16.3 Å². The first-order chi connectivity index (χ1) is 15.6. The number of nitrogens with zero attached hydrogens (tertiary/aromatic N) is 2. The van der Waals surface area contributed by atoms with E-state index in [2.05, 4.69) is 10.2 Å². The molecule has 0 saturated carbocycles. The molecule has 2 aromatic carbocycles. The van der Waals surface area contributed by atoms with Crippen molar-refractivity contribution in [1.29, 1.82) is 0 Å². The molecular formula is C25H29ClFN3O3. The van der Waals surface area contributed by atoms with Gasteiger partial charge in [0.15, 0.2) is 0 Å². The number of piperazine rings is 1. The molecule has 0 aromatic heterocycles. The Kier molecular flexibility index (Phi) is 8.10. The van der Waals surface area contributed by atoms with Crippen LogP contribution < -0.4 is 5.32 Å². The molecule has 0 aliphatic carbocycles. The highest BCUT2D eigenvalue weighted by Gasteiger charge is 2.20. The Morgan fingerprint density at radius 1 is 1.09 bits per heavy atom. The van der Waals surface area contributed by atoms with Crippen LogP contribution in [0.4, 0.5) is 14.9 Å². The molecule has 1 fully saturated rings. The van der Waals surface area contributed by atoms with Crippen molar-refractivity contribution in [3.05, 3.63) is 70.5 Å². The monoisotopic (exact) mass is 473 g/mol. The zero-order valence-corrected chi connectivity index (χ0v) is 19.9. The van der Waals surface area contributed by atoms with Crippen LogP contribution in [0.1, 0.15) is 31.9 Å². The molecule has 1 aliphatic rings. The standard InChI is InChI=1S/C25H29ClFN3O3/c1-25(2,3)33-24(32)28-22-16-20(26)8-6-19(22)7-11-23(31)30-14-12-29(13-15-30)17-18-4-9-21(27)10-5-18/h4-11,16H,12-15,17H2,1-3H3,(H,28,32). The van der Waals surface area contributed by atoms with Gasteiger partial charge in [0.2, 0.25) is 5.91 Å². The number of amides is 2. The Bertz CT molecular complexity index is 1010. The fourth-order valence-electron chi connectivity index (χ4n) is 3.44. The van der Waals surface area contributed by atoms with Crippen molar-refractivity contribution in [2.24, 2.45) is 0 Å². The van der Waals surface area contributed by atoms with Crippen LogP contribution in [0, 0.1) is 5.82 Å². The molecule has 1 N–H and O–H groups in total. The number of ether oxygens (including phenoxy) is 1. The second-order valence-corrected chi connectivity index (χ2v) is 9.36. The molecule has 3 rings (SSSR count). The normalized spacial score (nSPS) is 15.0. The fraction of sp³-hybridized carbons (Fsp3) is 0.360. The molecule has 0 spiro atoms. The number of hydrogen-bond acceptors (Lipinski definition) is 4. The molecule has 33 heavy (non-hydrogen) atoms. The van der Waals surface area contributed by atoms with Gasteiger partial charge in [0.1, 0.15) is 11.4 Å². The summed E-state index contributed by atoms with van der Waals surface area (Å²) in [5.41, 5.74) is 1.52. The van der Waals surface area contributed by atoms with Crippen molar-refractivity contribution in [2.75, 3.05) is 31.5 Å². The van der Waals surface area contributed by atoms with Gasteiger partial charge in [0.05, 0.1) is 5.69 Å². The lowest BCUT2D eigenvalue weighted by atomic mass is 10.1. The lowest BCUT2D eigenvalue weighted by Crippen LogP contribution is -2.47. The molecule has 0 radical (unpaired) electrons. The summed E-state index contributed by atoms with van der Waals surface area (Å²) in [6.07, 6.45) is 2.57. The molecule has 8 heteroatoms. The van der Waals surface area contributed by atoms with Crippen LogP contribution in [0.5, 0.6) is 0 Å². The van der Waals surface area contributed by atoms with Crippen LogP contribution in [-0.2, 0) is 16.1 Å². The van der Waals surface area contributed by atoms with Crippen LogP contribution >= 0.6 is 11.6 Å². The van der Waals surface area contributed by atoms with Crippen LogP contribution in [0.15, 0.2) is 48.5 Å². The molecule has 1 saturated heterocycles. The van der Waals surface area contributed by atoms with Crippen LogP contribution in [0.3, 0.4) is 0 Å². The smallest absolute Gasteiger partial charge is 0.412 e. The van der Waals surface area contributed by atoms with Crippen LogP contribution in [0.2, 0.25) is 5.02 Å². The van der Waals surface area contributed by atoms with E-state index in [1.807, 2.05) is 0 Å². The third kappa shape index (κ3) is 7.87. The van der Waals surface area contributed by atoms with Gasteiger partial charge in [-0.3, -0.25) is 15.0 Å². The Hall–Kier alpha value is -2.90. The molecule has 176 valence electrons. The van der Waals surface area contributed by atoms with E-state index >= 15 is 0 Å². The Labute approximate surface area is 199 Å². The molecule has 0 atom stereocenters. The molecule has 1 heterocycles. The minimum absolute atomic E-state index is 0.102. The third-order valence-corrected chi connectivity index (χ3v) is 5.29. The van der Waals surface area contributed by atoms with Gasteiger partial charge in [0.25, 0.3) is 0 Å². The maximum Gasteiger partial charge on any atom is 0.412 e. The second-order valence-electron chi connectivity index (χ2n) is 8.92. The van der Waals surface area contributed by atoms with Crippen LogP contribution in [-0.4, -0.2) is 53.6 Å². The summed E-state index contributed by atoms with van der Waals surface area (Å²) in [5.74, 6) is -0.347. The third-order valence-electron chi connectivity index (χ3n) is 5.06. The van der Waals surface area contributed by atoms with Gasteiger partial charge in [-0.05, 0) is 62.2 Å². The first-order valence-electron chi connectivity index (χ1n) is 10.8. The molecule has 0 bridgehead atoms. The molecular weight excluding hydrogens is 445 g/mol. The second kappa shape index (κ2) is 10.8. The first-order valence-corrected chi connectivity index (χ1v) is 11.2. The molecule has 6 nitrogen and oxygen atoms in total. The summed E-state index contributed by atoms with van der Waals surface area (Å²) >= 11 is 6.08. The lowest BCUT2D eigenvalue weighted by Gasteiger charge is -2.34. The molecule has 1 aliphatic heterocycles. The predicted molar refractivity (Wildman–Crippen MR) is 129 cm³/mol. The van der Waals surface area contributed by atoms with Gasteiger partial charge in [-0.25, -0.2) is 9.18 Å². The topological polar surface area (TPSA) is 61.9 Å². The highest BCUT2D eigenvalue weighted by molar-refractivity contribution is 6.31. The highest BCUT2D eigenvalue weighted by Crippen LogP contribution is 2.23. The molecule has 2 amide bonds. The van der Waals surface area contributed by atoms with Crippen molar-refractivity contribution in [2.45, 2.75) is 32.9 Å². The Balaban J connectivity index is 1.57. The van der Waals surface area contributed by atoms with Crippen LogP contribution in [0.25, 0.3) is 6.08 Å². The number of rotatable bonds is 5. The quantitative estimate of drug-likeness (QED) is 0.607. The van der Waals surface area contributed by atoms with Crippen molar-refractivity contribution in [3.8, 4) is 0 Å². The predicted octanol–water partition coefficient (Wildman–Crippen LogP) is 5.18. The van der Waals surface area contributed by atoms with Gasteiger partial charge >= 0.3 is 6.09 Å². The summed E-state index contributed by atoms with van der Waals surface area (Å²) in [6, 6.07) is 11.5. The number of nitrogens with one attached hydrogen (secondary N) is 1. The summed E-state index contributed by atoms with van der Waals surface area (Å²) in [4.78, 5) is 28.9. The van der Waals surface area contributed by atoms with E-state index in [0.29, 0.717) is 29.4 Å². The van der Waals surface area contributed by atoms with Crippen molar-refractivity contribution in [1.82, 2.24) is 9.80 Å². The Morgan fingerprint density at radius 3 is 2.39 bits per heavy atom. The molecule has 2 aromatic rings. The van der Waals surface area contributed by atoms with E-state index in [0.717, 1.165) is 25.2 Å². The first kappa shape index (κ1) is 24.7. The number of carbonyl (C=O) groups excluding carboxylic acids is 2. The number of halogens is 2. The van der Waals surface area contributed by atoms with E-state index in [9.17, 15) is 14.0 Å². The average Bonchev–Trinajstić information content (AvgIpc) is 2.74. The maximum atomic E-state index is 13.1. The van der Waals surface area contributed by atoms with Gasteiger partial charge in [0, 0.05) is 43.8 Å². The summed E-state index contributed by atoms with van der Waals surface area (Å²) in [6.45, 7) is 8.76. The van der Waals surface area contributed by atoms with E-state index in [-0.39, 0.29) is 11.7 Å². The number of benzene rings is 2. The Morgan fingerprint density at radius 2 is 1.76 bits per heavy atom. The molecule has 0 unspecified atom stereocenters. The highest BCUT2D eigenvalue weighted by atomic mass is 35.5. The summed E-state index contributed by atoms with van der Waals surface area (Å²) in [7, 11) is 0. The summed E-state index contributed by atoms with van der Waals surface area (Å²) < 4.78 is 18.4. The zero-order chi connectivity index (χ0) is 24.0. The SMILES string of the molecule is CC(C)(C)OC(=O)Nc1cc(Cl)ccc1C=CC(=O)N1CCN(Cc2ccc(F)cc2)CC1. The van der Waals surface area contributed by atoms with Crippen molar-refractivity contribution in [3.63, 3.8) is 0 Å². The van der Waals surface area contributed by atoms with Gasteiger partial charge in [-0.15, -0.1) is 0 Å². The van der Waals surface area contributed by atoms with Gasteiger partial charge in [-0.1, -0.05) is 29.8 Å².